The molecule has 3 aromatic rings. The monoisotopic (exact) mass is 340 g/mol. The molecule has 0 saturated carbocycles. The molecule has 0 amide bonds. The number of fused-ring (bicyclic) bond motifs is 1. The number of hydrogen-bond acceptors (Lipinski definition) is 5. The Labute approximate surface area is 141 Å². The molecular weight excluding hydrogens is 326 g/mol. The highest BCUT2D eigenvalue weighted by Crippen LogP contribution is 2.36. The van der Waals surface area contributed by atoms with Crippen molar-refractivity contribution >= 4 is 39.8 Å². The van der Waals surface area contributed by atoms with Crippen LogP contribution in [0, 0.1) is 6.92 Å². The van der Waals surface area contributed by atoms with Crippen molar-refractivity contribution in [2.24, 2.45) is 0 Å². The maximum atomic E-state index is 11.1. The maximum Gasteiger partial charge on any atom is 0.170 e. The summed E-state index contributed by atoms with van der Waals surface area (Å²) >= 11 is -2.71. The molecule has 5 nitrogen and oxygen atoms in total. The van der Waals surface area contributed by atoms with Gasteiger partial charge in [0.25, 0.3) is 0 Å². The first-order valence-electron chi connectivity index (χ1n) is 7.20. The van der Waals surface area contributed by atoms with Crippen molar-refractivity contribution in [3.8, 4) is 5.75 Å². The number of nitrogens with one attached hydrogen (secondary N) is 1. The van der Waals surface area contributed by atoms with Gasteiger partial charge in [0.2, 0.25) is 0 Å². The summed E-state index contributed by atoms with van der Waals surface area (Å²) in [5.74, 6) is 0.193. The second-order valence-corrected chi connectivity index (χ2v) is 5.89. The molecule has 0 aliphatic carbocycles. The quantitative estimate of drug-likeness (QED) is 0.563. The molecule has 0 aliphatic rings. The lowest BCUT2D eigenvalue weighted by Gasteiger charge is -2.16. The maximum absolute atomic E-state index is 11.1. The summed E-state index contributed by atoms with van der Waals surface area (Å²) in [6.45, 7) is 1.99. The summed E-state index contributed by atoms with van der Waals surface area (Å²) in [4.78, 5) is 10.9. The Bertz CT molecular complexity index is 922. The average molecular weight is 340 g/mol. The van der Waals surface area contributed by atoms with Gasteiger partial charge in [-0.3, -0.25) is 4.79 Å². The van der Waals surface area contributed by atoms with Crippen molar-refractivity contribution in [2.75, 3.05) is 5.32 Å². The molecule has 3 aromatic carbocycles. The predicted molar refractivity (Wildman–Crippen MR) is 93.3 cm³/mol. The lowest BCUT2D eigenvalue weighted by atomic mass is 10.1. The topological polar surface area (TPSA) is 78.5 Å². The lowest BCUT2D eigenvalue weighted by molar-refractivity contribution is 0.112. The molecule has 3 rings (SSSR count). The van der Waals surface area contributed by atoms with E-state index >= 15 is 0 Å². The molecule has 0 spiro atoms. The molecule has 1 N–H and O–H groups in total. The smallest absolute Gasteiger partial charge is 0.170 e. The van der Waals surface area contributed by atoms with Crippen LogP contribution in [0.25, 0.3) is 10.8 Å². The van der Waals surface area contributed by atoms with Crippen molar-refractivity contribution in [3.05, 3.63) is 65.7 Å². The fourth-order valence-electron chi connectivity index (χ4n) is 2.44. The van der Waals surface area contributed by atoms with Crippen molar-refractivity contribution < 1.29 is 17.7 Å². The van der Waals surface area contributed by atoms with Crippen LogP contribution < -0.4 is 9.50 Å². The molecule has 0 saturated heterocycles. The van der Waals surface area contributed by atoms with Crippen LogP contribution in [0.1, 0.15) is 15.9 Å². The third-order valence-corrected chi connectivity index (χ3v) is 3.92. The summed E-state index contributed by atoms with van der Waals surface area (Å²) in [7, 11) is 0. The molecular formula is C18H14NO4S-. The van der Waals surface area contributed by atoms with E-state index in [-0.39, 0.29) is 5.75 Å². The minimum absolute atomic E-state index is 0.193. The number of hydrogen-bond donors (Lipinski definition) is 1. The number of aldehydes is 1. The van der Waals surface area contributed by atoms with E-state index in [2.05, 4.69) is 5.32 Å². The average Bonchev–Trinajstić information content (AvgIpc) is 2.58. The molecule has 0 heterocycles. The first kappa shape index (κ1) is 16.2. The van der Waals surface area contributed by atoms with E-state index in [1.54, 1.807) is 30.3 Å². The van der Waals surface area contributed by atoms with Crippen LogP contribution in [0.5, 0.6) is 5.75 Å². The molecule has 0 bridgehead atoms. The second kappa shape index (κ2) is 6.82. The van der Waals surface area contributed by atoms with Gasteiger partial charge in [-0.25, -0.2) is 4.21 Å². The summed E-state index contributed by atoms with van der Waals surface area (Å²) in [6, 6.07) is 16.2. The van der Waals surface area contributed by atoms with Gasteiger partial charge in [-0.1, -0.05) is 29.8 Å². The molecule has 0 aliphatic heterocycles. The highest BCUT2D eigenvalue weighted by atomic mass is 32.2. The van der Waals surface area contributed by atoms with E-state index in [9.17, 15) is 13.6 Å². The van der Waals surface area contributed by atoms with Crippen LogP contribution in [-0.4, -0.2) is 15.0 Å². The summed E-state index contributed by atoms with van der Waals surface area (Å²) < 4.78 is 27.2. The number of anilines is 2. The lowest BCUT2D eigenvalue weighted by Crippen LogP contribution is -2.02. The minimum atomic E-state index is -2.71. The van der Waals surface area contributed by atoms with Gasteiger partial charge in [-0.2, -0.15) is 0 Å². The van der Waals surface area contributed by atoms with Crippen molar-refractivity contribution in [1.82, 2.24) is 0 Å². The Morgan fingerprint density at radius 2 is 1.83 bits per heavy atom. The summed E-state index contributed by atoms with van der Waals surface area (Å²) in [5, 5.41) is 4.47. The number of benzene rings is 3. The zero-order valence-electron chi connectivity index (χ0n) is 12.8. The highest BCUT2D eigenvalue weighted by Gasteiger charge is 2.11. The van der Waals surface area contributed by atoms with Crippen LogP contribution in [0.3, 0.4) is 0 Å². The normalized spacial score (nSPS) is 11.9. The van der Waals surface area contributed by atoms with Crippen LogP contribution in [-0.2, 0) is 11.4 Å². The van der Waals surface area contributed by atoms with Crippen LogP contribution >= 0.6 is 0 Å². The number of aryl methyl sites for hydroxylation is 1. The zero-order chi connectivity index (χ0) is 17.1. The molecule has 0 aromatic heterocycles. The summed E-state index contributed by atoms with van der Waals surface area (Å²) in [6.07, 6.45) is 0.740. The highest BCUT2D eigenvalue weighted by molar-refractivity contribution is 7.74. The van der Waals surface area contributed by atoms with Crippen LogP contribution in [0.4, 0.5) is 11.4 Å². The minimum Gasteiger partial charge on any atom is -0.740 e. The van der Waals surface area contributed by atoms with E-state index in [0.717, 1.165) is 22.9 Å². The molecule has 1 atom stereocenters. The van der Waals surface area contributed by atoms with E-state index < -0.39 is 11.4 Å². The van der Waals surface area contributed by atoms with E-state index in [0.29, 0.717) is 16.6 Å². The largest absolute Gasteiger partial charge is 0.740 e. The third-order valence-electron chi connectivity index (χ3n) is 3.61. The zero-order valence-corrected chi connectivity index (χ0v) is 13.6. The van der Waals surface area contributed by atoms with E-state index in [4.69, 9.17) is 4.18 Å². The molecule has 6 heteroatoms. The van der Waals surface area contributed by atoms with Crippen molar-refractivity contribution in [3.63, 3.8) is 0 Å². The van der Waals surface area contributed by atoms with Crippen molar-refractivity contribution in [2.45, 2.75) is 6.92 Å². The van der Waals surface area contributed by atoms with E-state index in [1.807, 2.05) is 31.2 Å². The van der Waals surface area contributed by atoms with Gasteiger partial charge in [0, 0.05) is 16.6 Å². The standard InChI is InChI=1S/C18H15NO4S/c1-12-2-6-15(7-3-12)19-17-9-5-14-10-13(11-20)4-8-16(14)18(17)23-24(21)22/h2-11,19H,1H3,(H,21,22)/p-1. The van der Waals surface area contributed by atoms with Gasteiger partial charge in [-0.15, -0.1) is 0 Å². The number of rotatable bonds is 5. The first-order chi connectivity index (χ1) is 11.6. The third kappa shape index (κ3) is 3.45. The molecule has 1 unspecified atom stereocenters. The Kier molecular flexibility index (Phi) is 4.59. The number of carbonyl (C=O) groups is 1. The fraction of sp³-hybridized carbons (Fsp3) is 0.0556. The van der Waals surface area contributed by atoms with Gasteiger partial charge in [0.05, 0.1) is 5.69 Å². The Morgan fingerprint density at radius 1 is 1.08 bits per heavy atom. The van der Waals surface area contributed by atoms with Crippen LogP contribution in [0.2, 0.25) is 0 Å². The van der Waals surface area contributed by atoms with Crippen molar-refractivity contribution in [1.29, 1.82) is 0 Å². The van der Waals surface area contributed by atoms with E-state index in [1.165, 1.54) is 0 Å². The van der Waals surface area contributed by atoms with Gasteiger partial charge in [-0.05, 0) is 42.6 Å². The van der Waals surface area contributed by atoms with Crippen LogP contribution in [0.15, 0.2) is 54.6 Å². The van der Waals surface area contributed by atoms with Gasteiger partial charge < -0.3 is 14.1 Å². The Balaban J connectivity index is 2.10. The second-order valence-electron chi connectivity index (χ2n) is 5.32. The predicted octanol–water partition coefficient (Wildman–Crippen LogP) is 3.88. The fourth-order valence-corrected chi connectivity index (χ4v) is 2.76. The molecule has 0 radical (unpaired) electrons. The first-order valence-corrected chi connectivity index (χ1v) is 8.20. The SMILES string of the molecule is Cc1ccc(Nc2ccc3cc(C=O)ccc3c2OS(=O)[O-])cc1. The molecule has 24 heavy (non-hydrogen) atoms. The number of carbonyl (C=O) groups excluding carboxylic acids is 1. The Morgan fingerprint density at radius 3 is 2.50 bits per heavy atom. The molecule has 0 fully saturated rings. The van der Waals surface area contributed by atoms with Gasteiger partial charge >= 0.3 is 0 Å². The molecule has 122 valence electrons. The Hall–Kier alpha value is -2.70. The van der Waals surface area contributed by atoms with Gasteiger partial charge in [0.1, 0.15) is 17.6 Å². The van der Waals surface area contributed by atoms with Gasteiger partial charge in [0.15, 0.2) is 5.75 Å². The summed E-state index contributed by atoms with van der Waals surface area (Å²) in [5.41, 5.74) is 2.97.